The van der Waals surface area contributed by atoms with E-state index < -0.39 is 0 Å². The highest BCUT2D eigenvalue weighted by atomic mass is 19.1. The molecule has 0 bridgehead atoms. The molecule has 0 amide bonds. The summed E-state index contributed by atoms with van der Waals surface area (Å²) in [6.45, 7) is 6.80. The number of hydrogen-bond donors (Lipinski definition) is 0. The van der Waals surface area contributed by atoms with Crippen LogP contribution in [0.15, 0.2) is 449 Å². The van der Waals surface area contributed by atoms with Gasteiger partial charge in [0.25, 0.3) is 0 Å². The lowest BCUT2D eigenvalue weighted by Crippen LogP contribution is -2.10. The number of anilines is 6. The van der Waals surface area contributed by atoms with E-state index in [1.165, 1.54) is 160 Å². The minimum absolute atomic E-state index is 0.106. The highest BCUT2D eigenvalue weighted by Gasteiger charge is 2.24. The number of hydrogen-bond acceptors (Lipinski definition) is 2. The zero-order chi connectivity index (χ0) is 81.1. The number of para-hydroxylation sites is 4. The fourth-order valence-electron chi connectivity index (χ4n) is 18.5. The van der Waals surface area contributed by atoms with Crippen LogP contribution in [0.2, 0.25) is 0 Å². The summed E-state index contributed by atoms with van der Waals surface area (Å²) in [6, 6.07) is 160. The maximum atomic E-state index is 14.3. The summed E-state index contributed by atoms with van der Waals surface area (Å²) >= 11 is 0. The van der Waals surface area contributed by atoms with Crippen molar-refractivity contribution >= 4 is 121 Å². The molecule has 574 valence electrons. The quantitative estimate of drug-likeness (QED) is 0.101. The van der Waals surface area contributed by atoms with Gasteiger partial charge in [0, 0.05) is 67.0 Å². The van der Waals surface area contributed by atoms with E-state index in [0.29, 0.717) is 0 Å². The number of nitrogens with zero attached hydrogens (tertiary/aromatic N) is 4. The summed E-state index contributed by atoms with van der Waals surface area (Å²) in [6.07, 6.45) is 0. The van der Waals surface area contributed by atoms with Crippen LogP contribution in [0, 0.1) is 5.82 Å². The fourth-order valence-corrected chi connectivity index (χ4v) is 18.5. The maximum absolute atomic E-state index is 14.3. The van der Waals surface area contributed by atoms with E-state index in [0.717, 1.165) is 56.5 Å². The molecule has 22 rings (SSSR count). The second-order valence-electron chi connectivity index (χ2n) is 32.4. The van der Waals surface area contributed by atoms with Gasteiger partial charge in [0.15, 0.2) is 0 Å². The Bertz CT molecular complexity index is 7490. The van der Waals surface area contributed by atoms with Gasteiger partial charge >= 0.3 is 0 Å². The van der Waals surface area contributed by atoms with E-state index in [1.807, 2.05) is 12.1 Å². The van der Waals surface area contributed by atoms with Gasteiger partial charge in [-0.2, -0.15) is 0 Å². The van der Waals surface area contributed by atoms with Crippen molar-refractivity contribution in [1.82, 2.24) is 9.13 Å². The maximum Gasteiger partial charge on any atom is 0.123 e. The van der Waals surface area contributed by atoms with Crippen LogP contribution in [0.3, 0.4) is 0 Å². The molecule has 5 heteroatoms. The number of fused-ring (bicyclic) bond motifs is 10. The van der Waals surface area contributed by atoms with Crippen molar-refractivity contribution in [3.8, 4) is 78.1 Å². The summed E-state index contributed by atoms with van der Waals surface area (Å²) in [5.74, 6) is -0.263. The van der Waals surface area contributed by atoms with Gasteiger partial charge in [0.05, 0.1) is 22.1 Å². The third-order valence-corrected chi connectivity index (χ3v) is 24.2. The molecule has 0 fully saturated rings. The fraction of sp³-hybridized carbons (Fsp3) is 0.0345. The molecule has 4 nitrogen and oxygen atoms in total. The Labute approximate surface area is 704 Å². The topological polar surface area (TPSA) is 16.3 Å². The molecule has 2 aromatic heterocycles. The average molecular weight is 1550 g/mol. The van der Waals surface area contributed by atoms with Crippen molar-refractivity contribution in [3.05, 3.63) is 460 Å². The van der Waals surface area contributed by atoms with Crippen LogP contribution < -0.4 is 9.80 Å². The zero-order valence-corrected chi connectivity index (χ0v) is 67.4. The Morgan fingerprint density at radius 2 is 0.430 bits per heavy atom. The van der Waals surface area contributed by atoms with Gasteiger partial charge in [-0.05, 0) is 266 Å². The standard InChI is InChI=1S/C60H46N2.C56H37FN2/c1-60(2,3)45-31-37-49(38-32-45)62-56-25-15-14-20-50(56)55-40-44(30-39-57(55)62)41-26-33-47(34-27-41)61(46-18-8-5-9-19-46)48-35-28-43(29-36-48)59-53-23-12-10-21-51(53)58(42-16-6-4-7-17-42)52-22-11-13-24-54(52)59;57-42-28-34-46(35-29-42)58(44-30-23-38(24-31-44)41-27-36-54-52(37-41)47-17-11-12-22-53(47)59(54)43-15-5-2-6-16-43)45-32-25-40(26-33-45)56-50-20-9-7-18-48(50)55(39-13-3-1-4-14-39)49-19-8-10-21-51(49)56/h4-40H,1-3H3;1-37H. The highest BCUT2D eigenvalue weighted by molar-refractivity contribution is 6.23. The van der Waals surface area contributed by atoms with E-state index >= 15 is 0 Å². The number of rotatable bonds is 14. The van der Waals surface area contributed by atoms with Gasteiger partial charge in [-0.3, -0.25) is 0 Å². The molecule has 0 spiro atoms. The van der Waals surface area contributed by atoms with Crippen molar-refractivity contribution in [2.24, 2.45) is 0 Å². The molecule has 0 atom stereocenters. The van der Waals surface area contributed by atoms with Crippen molar-refractivity contribution in [2.45, 2.75) is 26.2 Å². The van der Waals surface area contributed by atoms with E-state index in [-0.39, 0.29) is 11.2 Å². The first-order valence-electron chi connectivity index (χ1n) is 41.6. The minimum Gasteiger partial charge on any atom is -0.311 e. The van der Waals surface area contributed by atoms with Crippen LogP contribution >= 0.6 is 0 Å². The predicted octanol–water partition coefficient (Wildman–Crippen LogP) is 32.6. The number of halogens is 1. The smallest absolute Gasteiger partial charge is 0.123 e. The molecule has 0 aliphatic heterocycles. The van der Waals surface area contributed by atoms with Crippen LogP contribution in [0.4, 0.5) is 38.5 Å². The second kappa shape index (κ2) is 30.9. The summed E-state index contributed by atoms with van der Waals surface area (Å²) in [5.41, 5.74) is 29.2. The van der Waals surface area contributed by atoms with Gasteiger partial charge in [-0.1, -0.05) is 324 Å². The lowest BCUT2D eigenvalue weighted by atomic mass is 9.86. The first-order valence-corrected chi connectivity index (χ1v) is 41.6. The van der Waals surface area contributed by atoms with E-state index in [4.69, 9.17) is 0 Å². The van der Waals surface area contributed by atoms with Crippen LogP contribution in [-0.4, -0.2) is 9.13 Å². The largest absolute Gasteiger partial charge is 0.311 e. The van der Waals surface area contributed by atoms with E-state index in [9.17, 15) is 4.39 Å². The summed E-state index contributed by atoms with van der Waals surface area (Å²) in [7, 11) is 0. The molecule has 2 heterocycles. The number of aromatic nitrogens is 2. The van der Waals surface area contributed by atoms with Crippen molar-refractivity contribution < 1.29 is 4.39 Å². The molecule has 0 aliphatic carbocycles. The molecule has 22 aromatic rings. The Kier molecular flexibility index (Phi) is 18.7. The van der Waals surface area contributed by atoms with Gasteiger partial charge in [-0.15, -0.1) is 0 Å². The molecule has 0 N–H and O–H groups in total. The Morgan fingerprint density at radius 3 is 0.760 bits per heavy atom. The lowest BCUT2D eigenvalue weighted by molar-refractivity contribution is 0.590. The first kappa shape index (κ1) is 73.2. The third-order valence-electron chi connectivity index (χ3n) is 24.2. The van der Waals surface area contributed by atoms with Gasteiger partial charge < -0.3 is 18.9 Å². The molecular weight excluding hydrogens is 1470 g/mol. The lowest BCUT2D eigenvalue weighted by Gasteiger charge is -2.26. The highest BCUT2D eigenvalue weighted by Crippen LogP contribution is 2.49. The van der Waals surface area contributed by atoms with Crippen molar-refractivity contribution in [1.29, 1.82) is 0 Å². The minimum atomic E-state index is -0.263. The van der Waals surface area contributed by atoms with E-state index in [1.54, 1.807) is 0 Å². The van der Waals surface area contributed by atoms with Crippen molar-refractivity contribution in [2.75, 3.05) is 9.80 Å². The third kappa shape index (κ3) is 13.4. The molecule has 20 aromatic carbocycles. The molecule has 0 aliphatic rings. The monoisotopic (exact) mass is 1550 g/mol. The molecule has 0 saturated heterocycles. The van der Waals surface area contributed by atoms with Gasteiger partial charge in [0.1, 0.15) is 5.82 Å². The van der Waals surface area contributed by atoms with Crippen molar-refractivity contribution in [3.63, 3.8) is 0 Å². The molecule has 0 unspecified atom stereocenters. The Hall–Kier alpha value is -15.4. The van der Waals surface area contributed by atoms with Gasteiger partial charge in [-0.25, -0.2) is 4.39 Å². The zero-order valence-electron chi connectivity index (χ0n) is 67.4. The molecule has 121 heavy (non-hydrogen) atoms. The Morgan fingerprint density at radius 1 is 0.190 bits per heavy atom. The number of benzene rings is 20. The summed E-state index contributed by atoms with van der Waals surface area (Å²) in [5, 5.41) is 14.9. The molecule has 0 saturated carbocycles. The summed E-state index contributed by atoms with van der Waals surface area (Å²) in [4.78, 5) is 4.54. The second-order valence-corrected chi connectivity index (χ2v) is 32.4. The van der Waals surface area contributed by atoms with E-state index in [2.05, 4.69) is 464 Å². The predicted molar refractivity (Wildman–Crippen MR) is 512 cm³/mol. The first-order chi connectivity index (χ1) is 59.6. The SMILES string of the molecule is CC(C)(C)c1ccc(-n2c3ccccc3c3cc(-c4ccc(N(c5ccccc5)c5ccc(-c6c7ccccc7c(-c7ccccc7)c7ccccc67)cc5)cc4)ccc32)cc1.Fc1ccc(N(c2ccc(-c3ccc4c(c3)c3ccccc3n4-c3ccccc3)cc2)c2ccc(-c3c4ccccc4c(-c4ccccc4)c4ccccc34)cc2)cc1. The Balaban J connectivity index is 0.000000150. The molecular formula is C116H83FN4. The average Bonchev–Trinajstić information content (AvgIpc) is 1.47. The molecule has 0 radical (unpaired) electrons. The van der Waals surface area contributed by atoms with Gasteiger partial charge in [0.2, 0.25) is 0 Å². The van der Waals surface area contributed by atoms with Crippen LogP contribution in [0.1, 0.15) is 26.3 Å². The van der Waals surface area contributed by atoms with Crippen LogP contribution in [0.5, 0.6) is 0 Å². The van der Waals surface area contributed by atoms with Crippen LogP contribution in [-0.2, 0) is 5.41 Å². The van der Waals surface area contributed by atoms with Crippen LogP contribution in [0.25, 0.3) is 165 Å². The normalized spacial score (nSPS) is 11.6. The summed E-state index contributed by atoms with van der Waals surface area (Å²) < 4.78 is 19.1.